The highest BCUT2D eigenvalue weighted by molar-refractivity contribution is 5.71. The van der Waals surface area contributed by atoms with Gasteiger partial charge in [-0.1, -0.05) is 30.3 Å². The van der Waals surface area contributed by atoms with Gasteiger partial charge in [0.05, 0.1) is 19.4 Å². The first kappa shape index (κ1) is 26.8. The Balaban J connectivity index is 1.33. The second-order valence-corrected chi connectivity index (χ2v) is 9.93. The van der Waals surface area contributed by atoms with Gasteiger partial charge in [-0.05, 0) is 81.8 Å². The molecule has 7 nitrogen and oxygen atoms in total. The highest BCUT2D eigenvalue weighted by Crippen LogP contribution is 2.24. The van der Waals surface area contributed by atoms with Crippen LogP contribution in [0.15, 0.2) is 83.3 Å². The zero-order valence-electron chi connectivity index (χ0n) is 22.6. The molecule has 3 aromatic carbocycles. The third kappa shape index (κ3) is 6.94. The highest BCUT2D eigenvalue weighted by Gasteiger charge is 2.28. The molecule has 7 heteroatoms. The van der Waals surface area contributed by atoms with E-state index in [4.69, 9.17) is 18.6 Å². The molecule has 0 unspecified atom stereocenters. The Labute approximate surface area is 224 Å². The van der Waals surface area contributed by atoms with Crippen LogP contribution in [-0.4, -0.2) is 35.2 Å². The van der Waals surface area contributed by atoms with Gasteiger partial charge >= 0.3 is 6.09 Å². The SMILES string of the molecule is COc1ccc(OC(=O)N(Cc2ccc(OCCc3nc(-c4ccccc4)oc3C)cc2)C(C)(C)C)cc1. The second-order valence-electron chi connectivity index (χ2n) is 9.93. The zero-order chi connectivity index (χ0) is 27.1. The van der Waals surface area contributed by atoms with Gasteiger partial charge in [0.1, 0.15) is 23.0 Å². The van der Waals surface area contributed by atoms with E-state index in [1.54, 1.807) is 36.3 Å². The molecule has 1 amide bonds. The number of methoxy groups -OCH3 is 1. The van der Waals surface area contributed by atoms with E-state index in [1.807, 2.05) is 82.3 Å². The average Bonchev–Trinajstić information content (AvgIpc) is 3.28. The van der Waals surface area contributed by atoms with E-state index < -0.39 is 11.6 Å². The number of nitrogens with zero attached hydrogens (tertiary/aromatic N) is 2. The summed E-state index contributed by atoms with van der Waals surface area (Å²) in [6.07, 6.45) is 0.222. The fourth-order valence-corrected chi connectivity index (χ4v) is 3.88. The van der Waals surface area contributed by atoms with Gasteiger partial charge < -0.3 is 18.6 Å². The lowest BCUT2D eigenvalue weighted by atomic mass is 10.1. The molecule has 0 saturated heterocycles. The standard InChI is InChI=1S/C31H34N2O5/c1-22-28(32-29(37-22)24-9-7-6-8-10-24)19-20-36-26-13-11-23(12-14-26)21-33(31(2,3)4)30(34)38-27-17-15-25(35-5)16-18-27/h6-18H,19-21H2,1-5H3. The van der Waals surface area contributed by atoms with Gasteiger partial charge in [-0.25, -0.2) is 9.78 Å². The van der Waals surface area contributed by atoms with Crippen molar-refractivity contribution in [2.75, 3.05) is 13.7 Å². The molecule has 198 valence electrons. The van der Waals surface area contributed by atoms with Crippen molar-refractivity contribution >= 4 is 6.09 Å². The van der Waals surface area contributed by atoms with Gasteiger partial charge in [-0.3, -0.25) is 4.90 Å². The fourth-order valence-electron chi connectivity index (χ4n) is 3.88. The van der Waals surface area contributed by atoms with Crippen LogP contribution in [0.25, 0.3) is 11.5 Å². The number of oxazole rings is 1. The van der Waals surface area contributed by atoms with Crippen molar-refractivity contribution in [2.24, 2.45) is 0 Å². The first-order chi connectivity index (χ1) is 18.2. The van der Waals surface area contributed by atoms with Crippen LogP contribution < -0.4 is 14.2 Å². The molecule has 1 aromatic heterocycles. The number of rotatable bonds is 9. The third-order valence-corrected chi connectivity index (χ3v) is 6.08. The number of benzene rings is 3. The molecular weight excluding hydrogens is 480 g/mol. The fraction of sp³-hybridized carbons (Fsp3) is 0.290. The van der Waals surface area contributed by atoms with E-state index in [-0.39, 0.29) is 0 Å². The minimum atomic E-state index is -0.438. The Bertz CT molecular complexity index is 1320. The van der Waals surface area contributed by atoms with E-state index in [0.29, 0.717) is 37.0 Å². The van der Waals surface area contributed by atoms with Crippen LogP contribution in [0, 0.1) is 6.92 Å². The molecule has 4 aromatic rings. The maximum atomic E-state index is 13.0. The quantitative estimate of drug-likeness (QED) is 0.238. The molecule has 0 aliphatic carbocycles. The van der Waals surface area contributed by atoms with Crippen molar-refractivity contribution in [1.29, 1.82) is 0 Å². The number of hydrogen-bond acceptors (Lipinski definition) is 6. The Morgan fingerprint density at radius 3 is 2.16 bits per heavy atom. The van der Waals surface area contributed by atoms with Crippen molar-refractivity contribution < 1.29 is 23.4 Å². The second kappa shape index (κ2) is 11.9. The van der Waals surface area contributed by atoms with Gasteiger partial charge in [0.25, 0.3) is 0 Å². The topological polar surface area (TPSA) is 74.0 Å². The molecule has 0 spiro atoms. The van der Waals surface area contributed by atoms with Crippen LogP contribution in [0.3, 0.4) is 0 Å². The maximum Gasteiger partial charge on any atom is 0.415 e. The Morgan fingerprint density at radius 1 is 0.895 bits per heavy atom. The Hall–Kier alpha value is -4.26. The van der Waals surface area contributed by atoms with Gasteiger partial charge in [0.2, 0.25) is 5.89 Å². The molecule has 1 heterocycles. The van der Waals surface area contributed by atoms with Crippen LogP contribution in [-0.2, 0) is 13.0 Å². The van der Waals surface area contributed by atoms with Crippen molar-refractivity contribution in [2.45, 2.75) is 46.2 Å². The zero-order valence-corrected chi connectivity index (χ0v) is 22.6. The molecule has 0 aliphatic rings. The minimum Gasteiger partial charge on any atom is -0.497 e. The van der Waals surface area contributed by atoms with E-state index >= 15 is 0 Å². The summed E-state index contributed by atoms with van der Waals surface area (Å²) in [5.41, 5.74) is 2.37. The lowest BCUT2D eigenvalue weighted by Crippen LogP contribution is -2.46. The summed E-state index contributed by atoms with van der Waals surface area (Å²) in [5.74, 6) is 3.34. The smallest absolute Gasteiger partial charge is 0.415 e. The monoisotopic (exact) mass is 514 g/mol. The lowest BCUT2D eigenvalue weighted by Gasteiger charge is -2.34. The molecule has 0 radical (unpaired) electrons. The average molecular weight is 515 g/mol. The van der Waals surface area contributed by atoms with Gasteiger partial charge in [-0.2, -0.15) is 0 Å². The largest absolute Gasteiger partial charge is 0.497 e. The van der Waals surface area contributed by atoms with Crippen LogP contribution in [0.4, 0.5) is 4.79 Å². The summed E-state index contributed by atoms with van der Waals surface area (Å²) in [5, 5.41) is 0. The van der Waals surface area contributed by atoms with Crippen molar-refractivity contribution in [3.63, 3.8) is 0 Å². The summed E-state index contributed by atoms with van der Waals surface area (Å²) in [7, 11) is 1.60. The molecule has 0 N–H and O–H groups in total. The first-order valence-electron chi connectivity index (χ1n) is 12.6. The number of hydrogen-bond donors (Lipinski definition) is 0. The lowest BCUT2D eigenvalue weighted by molar-refractivity contribution is 0.102. The van der Waals surface area contributed by atoms with E-state index in [0.717, 1.165) is 28.3 Å². The summed E-state index contributed by atoms with van der Waals surface area (Å²) in [6, 6.07) is 24.5. The number of aryl methyl sites for hydroxylation is 1. The predicted octanol–water partition coefficient (Wildman–Crippen LogP) is 7.08. The molecule has 0 atom stereocenters. The van der Waals surface area contributed by atoms with Crippen LogP contribution >= 0.6 is 0 Å². The van der Waals surface area contributed by atoms with Gasteiger partial charge in [-0.15, -0.1) is 0 Å². The van der Waals surface area contributed by atoms with E-state index in [9.17, 15) is 4.79 Å². The number of ether oxygens (including phenoxy) is 3. The Morgan fingerprint density at radius 2 is 1.53 bits per heavy atom. The van der Waals surface area contributed by atoms with Crippen LogP contribution in [0.5, 0.6) is 17.2 Å². The number of carbonyl (C=O) groups is 1. The molecule has 4 rings (SSSR count). The summed E-state index contributed by atoms with van der Waals surface area (Å²) in [6.45, 7) is 8.74. The van der Waals surface area contributed by atoms with Crippen LogP contribution in [0.2, 0.25) is 0 Å². The Kier molecular flexibility index (Phi) is 8.36. The van der Waals surface area contributed by atoms with Gasteiger partial charge in [0.15, 0.2) is 0 Å². The highest BCUT2D eigenvalue weighted by atomic mass is 16.6. The van der Waals surface area contributed by atoms with E-state index in [2.05, 4.69) is 4.98 Å². The van der Waals surface area contributed by atoms with Gasteiger partial charge in [0, 0.05) is 24.1 Å². The summed E-state index contributed by atoms with van der Waals surface area (Å²) in [4.78, 5) is 19.3. The van der Waals surface area contributed by atoms with Crippen molar-refractivity contribution in [3.05, 3.63) is 95.9 Å². The molecule has 0 bridgehead atoms. The number of aromatic nitrogens is 1. The molecule has 0 aliphatic heterocycles. The summed E-state index contributed by atoms with van der Waals surface area (Å²) >= 11 is 0. The third-order valence-electron chi connectivity index (χ3n) is 6.08. The normalized spacial score (nSPS) is 11.2. The molecular formula is C31H34N2O5. The molecule has 0 saturated carbocycles. The minimum absolute atomic E-state index is 0.402. The molecule has 38 heavy (non-hydrogen) atoms. The maximum absolute atomic E-state index is 13.0. The van der Waals surface area contributed by atoms with Crippen LogP contribution in [0.1, 0.15) is 37.8 Å². The predicted molar refractivity (Wildman–Crippen MR) is 147 cm³/mol. The number of carbonyl (C=O) groups excluding carboxylic acids is 1. The molecule has 0 fully saturated rings. The van der Waals surface area contributed by atoms with E-state index in [1.165, 1.54) is 0 Å². The first-order valence-corrected chi connectivity index (χ1v) is 12.6. The van der Waals surface area contributed by atoms with Crippen molar-refractivity contribution in [1.82, 2.24) is 9.88 Å². The summed E-state index contributed by atoms with van der Waals surface area (Å²) < 4.78 is 22.6. The number of amides is 1. The van der Waals surface area contributed by atoms with Crippen molar-refractivity contribution in [3.8, 4) is 28.7 Å².